The Kier molecular flexibility index (Phi) is 13.3. The van der Waals surface area contributed by atoms with Gasteiger partial charge < -0.3 is 25.2 Å². The summed E-state index contributed by atoms with van der Waals surface area (Å²) in [6.07, 6.45) is -0.560. The summed E-state index contributed by atoms with van der Waals surface area (Å²) in [6, 6.07) is 5.88. The van der Waals surface area contributed by atoms with Crippen LogP contribution in [0.5, 0.6) is 5.75 Å². The van der Waals surface area contributed by atoms with Crippen molar-refractivity contribution in [2.45, 2.75) is 20.0 Å². The molecule has 1 atom stereocenters. The van der Waals surface area contributed by atoms with Crippen molar-refractivity contribution in [3.05, 3.63) is 29.8 Å². The number of rotatable bonds is 2. The van der Waals surface area contributed by atoms with Gasteiger partial charge in [0.05, 0.1) is 25.4 Å². The van der Waals surface area contributed by atoms with Crippen molar-refractivity contribution >= 4 is 5.97 Å². The normalized spacial score (nSPS) is 10.2. The predicted molar refractivity (Wildman–Crippen MR) is 71.0 cm³/mol. The fourth-order valence-electron chi connectivity index (χ4n) is 0.715. The number of hydrogen-bond acceptors (Lipinski definition) is 6. The minimum Gasteiger partial charge on any atom is -0.508 e. The maximum atomic E-state index is 10.8. The molecule has 110 valence electrons. The Hall–Kier alpha value is -1.63. The fraction of sp³-hybridized carbons (Fsp3) is 0.462. The number of hydrogen-bond donors (Lipinski definition) is 4. The van der Waals surface area contributed by atoms with Gasteiger partial charge >= 0.3 is 5.97 Å². The Morgan fingerprint density at radius 3 is 1.89 bits per heavy atom. The first-order valence-corrected chi connectivity index (χ1v) is 5.69. The molecule has 0 bridgehead atoms. The molecule has 6 heteroatoms. The molecule has 19 heavy (non-hydrogen) atoms. The van der Waals surface area contributed by atoms with E-state index in [1.54, 1.807) is 6.92 Å². The molecule has 0 aliphatic rings. The van der Waals surface area contributed by atoms with E-state index in [1.165, 1.54) is 38.3 Å². The predicted octanol–water partition coefficient (Wildman–Crippen LogP) is 0.537. The zero-order valence-corrected chi connectivity index (χ0v) is 11.4. The van der Waals surface area contributed by atoms with Crippen LogP contribution in [0.3, 0.4) is 0 Å². The van der Waals surface area contributed by atoms with Crippen molar-refractivity contribution in [1.82, 2.24) is 0 Å². The molecule has 1 aromatic rings. The van der Waals surface area contributed by atoms with Gasteiger partial charge in [-0.25, -0.2) is 4.79 Å². The Bertz CT molecular complexity index is 320. The number of phenolic OH excluding ortho intramolecular Hbond substituents is 1. The molecule has 0 aliphatic heterocycles. The highest BCUT2D eigenvalue weighted by Crippen LogP contribution is 2.09. The number of methoxy groups -OCH3 is 1. The summed E-state index contributed by atoms with van der Waals surface area (Å²) in [5, 5.41) is 32.4. The lowest BCUT2D eigenvalue weighted by Gasteiger charge is -1.97. The van der Waals surface area contributed by atoms with Gasteiger partial charge in [0.1, 0.15) is 5.75 Å². The molecule has 0 heterocycles. The van der Waals surface area contributed by atoms with Gasteiger partial charge in [-0.2, -0.15) is 0 Å². The molecule has 0 aliphatic carbocycles. The van der Waals surface area contributed by atoms with Gasteiger partial charge in [0.25, 0.3) is 0 Å². The van der Waals surface area contributed by atoms with Gasteiger partial charge in [-0.05, 0) is 38.1 Å². The van der Waals surface area contributed by atoms with Gasteiger partial charge in [-0.1, -0.05) is 0 Å². The first-order chi connectivity index (χ1) is 8.92. The summed E-state index contributed by atoms with van der Waals surface area (Å²) >= 11 is 0. The number of benzene rings is 1. The number of phenols is 1. The monoisotopic (exact) mass is 274 g/mol. The lowest BCUT2D eigenvalue weighted by molar-refractivity contribution is 0.0600. The van der Waals surface area contributed by atoms with Crippen molar-refractivity contribution in [2.75, 3.05) is 20.3 Å². The van der Waals surface area contributed by atoms with Crippen molar-refractivity contribution in [3.8, 4) is 5.75 Å². The second-order valence-corrected chi connectivity index (χ2v) is 3.39. The smallest absolute Gasteiger partial charge is 0.337 e. The van der Waals surface area contributed by atoms with E-state index in [9.17, 15) is 4.79 Å². The number of ether oxygens (including phenoxy) is 1. The Balaban J connectivity index is 0. The van der Waals surface area contributed by atoms with E-state index in [4.69, 9.17) is 20.4 Å². The zero-order chi connectivity index (χ0) is 15.3. The van der Waals surface area contributed by atoms with Crippen molar-refractivity contribution in [3.63, 3.8) is 0 Å². The maximum absolute atomic E-state index is 10.8. The third kappa shape index (κ3) is 12.6. The van der Waals surface area contributed by atoms with Crippen LogP contribution in [0.2, 0.25) is 0 Å². The minimum atomic E-state index is -0.560. The second kappa shape index (κ2) is 12.8. The first kappa shape index (κ1) is 19.7. The highest BCUT2D eigenvalue weighted by Gasteiger charge is 2.02. The number of aliphatic hydroxyl groups is 3. The summed E-state index contributed by atoms with van der Waals surface area (Å²) in [5.41, 5.74) is 0.435. The number of carbonyl (C=O) groups is 1. The Morgan fingerprint density at radius 1 is 1.26 bits per heavy atom. The molecule has 0 radical (unpaired) electrons. The standard InChI is InChI=1S/C8H8O3.C3H8O2.C2H6O/c1-11-8(10)6-2-4-7(9)5-3-6;1-3(5)2-4;1-2-3/h2-5,9H,1H3;3-5H,2H2,1H3;3H,2H2,1H3. The zero-order valence-electron chi connectivity index (χ0n) is 11.4. The molecule has 0 aromatic heterocycles. The Morgan fingerprint density at radius 2 is 1.63 bits per heavy atom. The molecule has 0 saturated carbocycles. The highest BCUT2D eigenvalue weighted by atomic mass is 16.5. The fourth-order valence-corrected chi connectivity index (χ4v) is 0.715. The van der Waals surface area contributed by atoms with Gasteiger partial charge in [0.2, 0.25) is 0 Å². The van der Waals surface area contributed by atoms with E-state index in [-0.39, 0.29) is 19.0 Å². The van der Waals surface area contributed by atoms with Crippen LogP contribution in [0, 0.1) is 0 Å². The molecule has 1 unspecified atom stereocenters. The van der Waals surface area contributed by atoms with Gasteiger partial charge in [-0.3, -0.25) is 0 Å². The molecule has 0 saturated heterocycles. The van der Waals surface area contributed by atoms with Gasteiger partial charge in [0.15, 0.2) is 0 Å². The van der Waals surface area contributed by atoms with E-state index < -0.39 is 12.1 Å². The molecule has 1 rings (SSSR count). The van der Waals surface area contributed by atoms with E-state index in [1.807, 2.05) is 0 Å². The quantitative estimate of drug-likeness (QED) is 0.586. The van der Waals surface area contributed by atoms with E-state index in [0.29, 0.717) is 5.56 Å². The molecule has 0 amide bonds. The van der Waals surface area contributed by atoms with Gasteiger partial charge in [0, 0.05) is 6.61 Å². The summed E-state index contributed by atoms with van der Waals surface area (Å²) in [6.45, 7) is 3.32. The van der Waals surface area contributed by atoms with Gasteiger partial charge in [-0.15, -0.1) is 0 Å². The summed E-state index contributed by atoms with van der Waals surface area (Å²) in [4.78, 5) is 10.8. The first-order valence-electron chi connectivity index (χ1n) is 5.69. The van der Waals surface area contributed by atoms with Crippen LogP contribution < -0.4 is 0 Å². The number of carbonyl (C=O) groups excluding carboxylic acids is 1. The summed E-state index contributed by atoms with van der Waals surface area (Å²) < 4.78 is 4.46. The lowest BCUT2D eigenvalue weighted by atomic mass is 10.2. The Labute approximate surface area is 112 Å². The van der Waals surface area contributed by atoms with Crippen LogP contribution in [0.1, 0.15) is 24.2 Å². The molecule has 0 spiro atoms. The van der Waals surface area contributed by atoms with Crippen LogP contribution in [0.4, 0.5) is 0 Å². The highest BCUT2D eigenvalue weighted by molar-refractivity contribution is 5.89. The van der Waals surface area contributed by atoms with Crippen LogP contribution in [-0.2, 0) is 4.74 Å². The van der Waals surface area contributed by atoms with E-state index in [2.05, 4.69) is 4.74 Å². The lowest BCUT2D eigenvalue weighted by Crippen LogP contribution is -2.03. The van der Waals surface area contributed by atoms with E-state index in [0.717, 1.165) is 0 Å². The summed E-state index contributed by atoms with van der Waals surface area (Å²) in [5.74, 6) is -0.261. The molecular formula is C13H22O6. The molecule has 1 aromatic carbocycles. The van der Waals surface area contributed by atoms with Crippen molar-refractivity contribution < 1.29 is 30.0 Å². The van der Waals surface area contributed by atoms with Crippen molar-refractivity contribution in [1.29, 1.82) is 0 Å². The molecule has 0 fully saturated rings. The number of aromatic hydroxyl groups is 1. The molecule has 4 N–H and O–H groups in total. The average molecular weight is 274 g/mol. The number of esters is 1. The second-order valence-electron chi connectivity index (χ2n) is 3.39. The third-order valence-electron chi connectivity index (χ3n) is 1.55. The van der Waals surface area contributed by atoms with Crippen LogP contribution in [0.25, 0.3) is 0 Å². The van der Waals surface area contributed by atoms with Crippen LogP contribution in [-0.4, -0.2) is 52.8 Å². The van der Waals surface area contributed by atoms with Crippen LogP contribution in [0.15, 0.2) is 24.3 Å². The molecular weight excluding hydrogens is 252 g/mol. The largest absolute Gasteiger partial charge is 0.508 e. The molecule has 6 nitrogen and oxygen atoms in total. The summed E-state index contributed by atoms with van der Waals surface area (Å²) in [7, 11) is 1.31. The minimum absolute atomic E-state index is 0.137. The maximum Gasteiger partial charge on any atom is 0.337 e. The average Bonchev–Trinajstić information content (AvgIpc) is 2.40. The van der Waals surface area contributed by atoms with Crippen LogP contribution >= 0.6 is 0 Å². The SMILES string of the molecule is CC(O)CO.CCO.COC(=O)c1ccc(O)cc1. The van der Waals surface area contributed by atoms with Crippen molar-refractivity contribution in [2.24, 2.45) is 0 Å². The third-order valence-corrected chi connectivity index (χ3v) is 1.55. The topological polar surface area (TPSA) is 107 Å². The van der Waals surface area contributed by atoms with E-state index >= 15 is 0 Å². The number of aliphatic hydroxyl groups excluding tert-OH is 3.